The molecule has 2 aromatic rings. The molecule has 0 aliphatic carbocycles. The van der Waals surface area contributed by atoms with Gasteiger partial charge in [-0.1, -0.05) is 59.6 Å². The van der Waals surface area contributed by atoms with Crippen LogP contribution in [0, 0.1) is 11.3 Å². The zero-order valence-electron chi connectivity index (χ0n) is 11.7. The largest absolute Gasteiger partial charge is 0.308 e. The van der Waals surface area contributed by atoms with Crippen molar-refractivity contribution in [3.05, 3.63) is 50.7 Å². The normalized spacial score (nSPS) is 10.9. The Morgan fingerprint density at radius 3 is 2.71 bits per heavy atom. The maximum absolute atomic E-state index is 12.2. The summed E-state index contributed by atoms with van der Waals surface area (Å²) in [6, 6.07) is 7.74. The lowest BCUT2D eigenvalue weighted by atomic mass is 10.0. The van der Waals surface area contributed by atoms with Gasteiger partial charge in [-0.25, -0.2) is 4.68 Å². The molecule has 0 radical (unpaired) electrons. The second kappa shape index (κ2) is 6.54. The zero-order valence-corrected chi connectivity index (χ0v) is 14.1. The van der Waals surface area contributed by atoms with Gasteiger partial charge < -0.3 is 5.41 Å². The van der Waals surface area contributed by atoms with E-state index in [0.29, 0.717) is 17.3 Å². The molecule has 0 saturated carbocycles. The number of nitrogens with one attached hydrogen (secondary N) is 1. The second-order valence-electron chi connectivity index (χ2n) is 4.97. The SMILES string of the molecule is CC(C)C(=O)c1nn(Cc2ccccc2Br)c(Cl)c1C=N. The molecule has 0 aliphatic heterocycles. The molecule has 0 amide bonds. The van der Waals surface area contributed by atoms with E-state index in [1.165, 1.54) is 0 Å². The molecule has 0 spiro atoms. The first-order valence-corrected chi connectivity index (χ1v) is 7.67. The number of rotatable bonds is 5. The van der Waals surface area contributed by atoms with Crippen LogP contribution >= 0.6 is 27.5 Å². The number of carbonyl (C=O) groups excluding carboxylic acids is 1. The van der Waals surface area contributed by atoms with E-state index in [0.717, 1.165) is 16.3 Å². The number of hydrogen-bond donors (Lipinski definition) is 1. The molecule has 0 unspecified atom stereocenters. The Morgan fingerprint density at radius 1 is 1.48 bits per heavy atom. The van der Waals surface area contributed by atoms with Crippen molar-refractivity contribution in [2.24, 2.45) is 5.92 Å². The summed E-state index contributed by atoms with van der Waals surface area (Å²) >= 11 is 9.74. The maximum atomic E-state index is 12.2. The van der Waals surface area contributed by atoms with Crippen LogP contribution in [0.4, 0.5) is 0 Å². The van der Waals surface area contributed by atoms with Crippen molar-refractivity contribution >= 4 is 39.5 Å². The fourth-order valence-electron chi connectivity index (χ4n) is 1.93. The molecule has 21 heavy (non-hydrogen) atoms. The van der Waals surface area contributed by atoms with Crippen molar-refractivity contribution in [1.29, 1.82) is 5.41 Å². The van der Waals surface area contributed by atoms with Gasteiger partial charge in [-0.2, -0.15) is 5.10 Å². The maximum Gasteiger partial charge on any atom is 0.186 e. The van der Waals surface area contributed by atoms with Crippen molar-refractivity contribution in [3.63, 3.8) is 0 Å². The van der Waals surface area contributed by atoms with Crippen LogP contribution < -0.4 is 0 Å². The Bertz CT molecular complexity index is 694. The van der Waals surface area contributed by atoms with Gasteiger partial charge in [0.05, 0.1) is 12.1 Å². The van der Waals surface area contributed by atoms with E-state index in [4.69, 9.17) is 17.0 Å². The molecule has 1 heterocycles. The van der Waals surface area contributed by atoms with Crippen LogP contribution in [0.25, 0.3) is 0 Å². The van der Waals surface area contributed by atoms with Crippen molar-refractivity contribution in [3.8, 4) is 0 Å². The van der Waals surface area contributed by atoms with Gasteiger partial charge >= 0.3 is 0 Å². The van der Waals surface area contributed by atoms with Crippen molar-refractivity contribution in [1.82, 2.24) is 9.78 Å². The molecule has 0 saturated heterocycles. The molecule has 0 atom stereocenters. The smallest absolute Gasteiger partial charge is 0.186 e. The lowest BCUT2D eigenvalue weighted by Crippen LogP contribution is -2.11. The molecule has 0 fully saturated rings. The molecule has 0 aliphatic rings. The quantitative estimate of drug-likeness (QED) is 0.635. The lowest BCUT2D eigenvalue weighted by molar-refractivity contribution is 0.0933. The number of halogens is 2. The summed E-state index contributed by atoms with van der Waals surface area (Å²) in [7, 11) is 0. The number of hydrogen-bond acceptors (Lipinski definition) is 3. The van der Waals surface area contributed by atoms with E-state index in [1.807, 2.05) is 24.3 Å². The predicted octanol–water partition coefficient (Wildman–Crippen LogP) is 4.18. The average Bonchev–Trinajstić information content (AvgIpc) is 2.77. The summed E-state index contributed by atoms with van der Waals surface area (Å²) in [5.41, 5.74) is 1.64. The number of ketones is 1. The van der Waals surface area contributed by atoms with E-state index in [2.05, 4.69) is 21.0 Å². The summed E-state index contributed by atoms with van der Waals surface area (Å²) < 4.78 is 2.50. The van der Waals surface area contributed by atoms with Crippen LogP contribution in [-0.4, -0.2) is 21.8 Å². The highest BCUT2D eigenvalue weighted by atomic mass is 79.9. The summed E-state index contributed by atoms with van der Waals surface area (Å²) in [5, 5.41) is 12.1. The minimum atomic E-state index is -0.188. The number of nitrogens with zero attached hydrogens (tertiary/aromatic N) is 2. The topological polar surface area (TPSA) is 58.7 Å². The second-order valence-corrected chi connectivity index (χ2v) is 6.18. The Kier molecular flexibility index (Phi) is 4.96. The Hall–Kier alpha value is -1.46. The molecule has 2 rings (SSSR count). The van der Waals surface area contributed by atoms with Crippen molar-refractivity contribution in [2.75, 3.05) is 0 Å². The third kappa shape index (κ3) is 3.24. The summed E-state index contributed by atoms with van der Waals surface area (Å²) in [4.78, 5) is 12.2. The molecule has 1 aromatic carbocycles. The zero-order chi connectivity index (χ0) is 15.6. The number of carbonyl (C=O) groups is 1. The molecule has 0 bridgehead atoms. The first kappa shape index (κ1) is 15.9. The van der Waals surface area contributed by atoms with Crippen LogP contribution in [0.3, 0.4) is 0 Å². The highest BCUT2D eigenvalue weighted by molar-refractivity contribution is 9.10. The molecule has 6 heteroatoms. The summed E-state index contributed by atoms with van der Waals surface area (Å²) in [6.07, 6.45) is 1.08. The van der Waals surface area contributed by atoms with Crippen LogP contribution in [0.15, 0.2) is 28.7 Å². The van der Waals surface area contributed by atoms with Crippen LogP contribution in [-0.2, 0) is 6.54 Å². The van der Waals surface area contributed by atoms with Gasteiger partial charge in [-0.3, -0.25) is 4.79 Å². The van der Waals surface area contributed by atoms with Crippen LogP contribution in [0.5, 0.6) is 0 Å². The van der Waals surface area contributed by atoms with E-state index in [-0.39, 0.29) is 17.4 Å². The van der Waals surface area contributed by atoms with Crippen molar-refractivity contribution in [2.45, 2.75) is 20.4 Å². The summed E-state index contributed by atoms with van der Waals surface area (Å²) in [6.45, 7) is 4.04. The van der Waals surface area contributed by atoms with Gasteiger partial charge in [-0.15, -0.1) is 0 Å². The Labute approximate surface area is 136 Å². The molecular weight excluding hydrogens is 354 g/mol. The monoisotopic (exact) mass is 367 g/mol. The van der Waals surface area contributed by atoms with Gasteiger partial charge in [0, 0.05) is 16.6 Å². The molecule has 110 valence electrons. The number of aromatic nitrogens is 2. The van der Waals surface area contributed by atoms with Crippen LogP contribution in [0.2, 0.25) is 5.15 Å². The lowest BCUT2D eigenvalue weighted by Gasteiger charge is -2.05. The van der Waals surface area contributed by atoms with Gasteiger partial charge in [0.2, 0.25) is 0 Å². The van der Waals surface area contributed by atoms with E-state index < -0.39 is 0 Å². The first-order chi connectivity index (χ1) is 9.95. The highest BCUT2D eigenvalue weighted by Gasteiger charge is 2.22. The van der Waals surface area contributed by atoms with Crippen LogP contribution in [0.1, 0.15) is 35.5 Å². The average molecular weight is 369 g/mol. The van der Waals surface area contributed by atoms with E-state index in [1.54, 1.807) is 18.5 Å². The molecule has 1 N–H and O–H groups in total. The first-order valence-electron chi connectivity index (χ1n) is 6.50. The standard InChI is InChI=1S/C15H15BrClN3O/c1-9(2)14(21)13-11(7-18)15(17)20(19-13)8-10-5-3-4-6-12(10)16/h3-7,9,18H,8H2,1-2H3. The fourth-order valence-corrected chi connectivity index (χ4v) is 2.58. The highest BCUT2D eigenvalue weighted by Crippen LogP contribution is 2.24. The third-order valence-corrected chi connectivity index (χ3v) is 4.28. The van der Waals surface area contributed by atoms with Gasteiger partial charge in [0.1, 0.15) is 10.8 Å². The molecule has 4 nitrogen and oxygen atoms in total. The predicted molar refractivity (Wildman–Crippen MR) is 87.5 cm³/mol. The number of Topliss-reactive ketones (excluding diaryl/α,β-unsaturated/α-hetero) is 1. The number of benzene rings is 1. The Morgan fingerprint density at radius 2 is 2.14 bits per heavy atom. The third-order valence-electron chi connectivity index (χ3n) is 3.10. The molecule has 1 aromatic heterocycles. The minimum Gasteiger partial charge on any atom is -0.308 e. The van der Waals surface area contributed by atoms with Gasteiger partial charge in [0.25, 0.3) is 0 Å². The van der Waals surface area contributed by atoms with Crippen molar-refractivity contribution < 1.29 is 4.79 Å². The summed E-state index contributed by atoms with van der Waals surface area (Å²) in [5.74, 6) is -0.298. The van der Waals surface area contributed by atoms with Gasteiger partial charge in [0.15, 0.2) is 5.78 Å². The Balaban J connectivity index is 2.44. The molecular formula is C15H15BrClN3O. The fraction of sp³-hybridized carbons (Fsp3) is 0.267. The van der Waals surface area contributed by atoms with E-state index in [9.17, 15) is 4.79 Å². The van der Waals surface area contributed by atoms with E-state index >= 15 is 0 Å². The minimum absolute atomic E-state index is 0.110. The van der Waals surface area contributed by atoms with Gasteiger partial charge in [-0.05, 0) is 11.6 Å².